The van der Waals surface area contributed by atoms with Crippen LogP contribution in [0.25, 0.3) is 5.65 Å². The Morgan fingerprint density at radius 1 is 1.19 bits per heavy atom. The van der Waals surface area contributed by atoms with Crippen LogP contribution in [0.5, 0.6) is 0 Å². The third-order valence-corrected chi connectivity index (χ3v) is 4.54. The molecule has 0 radical (unpaired) electrons. The second-order valence-electron chi connectivity index (χ2n) is 5.96. The monoisotopic (exact) mass is 286 g/mol. The summed E-state index contributed by atoms with van der Waals surface area (Å²) >= 11 is 0. The van der Waals surface area contributed by atoms with Crippen molar-refractivity contribution in [3.05, 3.63) is 24.2 Å². The Balaban J connectivity index is 1.57. The molecule has 0 aliphatic carbocycles. The molecule has 6 heteroatoms. The van der Waals surface area contributed by atoms with Gasteiger partial charge in [0, 0.05) is 56.6 Å². The molecule has 4 heterocycles. The average Bonchev–Trinajstić information content (AvgIpc) is 3.18. The van der Waals surface area contributed by atoms with Gasteiger partial charge in [0.25, 0.3) is 0 Å². The number of nitrogens with one attached hydrogen (secondary N) is 2. The molecule has 0 aromatic carbocycles. The molecule has 2 N–H and O–H groups in total. The highest BCUT2D eigenvalue weighted by Crippen LogP contribution is 2.18. The summed E-state index contributed by atoms with van der Waals surface area (Å²) in [5.41, 5.74) is 2.21. The first kappa shape index (κ1) is 13.0. The van der Waals surface area contributed by atoms with Crippen LogP contribution in [0, 0.1) is 0 Å². The predicted molar refractivity (Wildman–Crippen MR) is 82.8 cm³/mol. The summed E-state index contributed by atoms with van der Waals surface area (Å²) < 4.78 is 2.13. The molecule has 0 amide bonds. The number of fused-ring (bicyclic) bond motifs is 1. The first-order valence-corrected chi connectivity index (χ1v) is 7.93. The van der Waals surface area contributed by atoms with Crippen LogP contribution in [0.1, 0.15) is 18.7 Å². The van der Waals surface area contributed by atoms with E-state index in [1.165, 1.54) is 18.5 Å². The lowest BCUT2D eigenvalue weighted by atomic mass is 10.1. The largest absolute Gasteiger partial charge is 0.369 e. The van der Waals surface area contributed by atoms with E-state index in [0.29, 0.717) is 6.04 Å². The van der Waals surface area contributed by atoms with Crippen LogP contribution in [-0.2, 0) is 6.42 Å². The molecular formula is C15H22N6. The molecule has 2 aliphatic heterocycles. The number of pyridine rings is 1. The van der Waals surface area contributed by atoms with E-state index in [2.05, 4.69) is 48.5 Å². The molecule has 2 aromatic heterocycles. The van der Waals surface area contributed by atoms with Crippen LogP contribution in [0.2, 0.25) is 0 Å². The van der Waals surface area contributed by atoms with Gasteiger partial charge in [0.2, 0.25) is 0 Å². The van der Waals surface area contributed by atoms with Crippen molar-refractivity contribution in [1.29, 1.82) is 0 Å². The Labute approximate surface area is 124 Å². The molecule has 4 rings (SSSR count). The predicted octanol–water partition coefficient (Wildman–Crippen LogP) is 0.433. The molecule has 112 valence electrons. The van der Waals surface area contributed by atoms with Crippen LogP contribution in [0.15, 0.2) is 18.3 Å². The maximum absolute atomic E-state index is 4.39. The maximum Gasteiger partial charge on any atom is 0.162 e. The van der Waals surface area contributed by atoms with E-state index < -0.39 is 0 Å². The number of rotatable bonds is 3. The van der Waals surface area contributed by atoms with E-state index in [0.717, 1.165) is 50.6 Å². The summed E-state index contributed by atoms with van der Waals surface area (Å²) in [7, 11) is 0. The van der Waals surface area contributed by atoms with Gasteiger partial charge in [-0.2, -0.15) is 0 Å². The van der Waals surface area contributed by atoms with Crippen molar-refractivity contribution in [2.24, 2.45) is 0 Å². The molecule has 0 bridgehead atoms. The minimum Gasteiger partial charge on any atom is -0.369 e. The molecule has 0 saturated carbocycles. The lowest BCUT2D eigenvalue weighted by Crippen LogP contribution is -2.43. The second kappa shape index (κ2) is 5.61. The van der Waals surface area contributed by atoms with Gasteiger partial charge in [-0.05, 0) is 25.5 Å². The Kier molecular flexibility index (Phi) is 3.48. The summed E-state index contributed by atoms with van der Waals surface area (Å²) in [4.78, 5) is 2.41. The van der Waals surface area contributed by atoms with Gasteiger partial charge in [0.15, 0.2) is 5.65 Å². The van der Waals surface area contributed by atoms with Gasteiger partial charge in [-0.15, -0.1) is 10.2 Å². The van der Waals surface area contributed by atoms with E-state index in [9.17, 15) is 0 Å². The van der Waals surface area contributed by atoms with Crippen molar-refractivity contribution < 1.29 is 0 Å². The van der Waals surface area contributed by atoms with Crippen molar-refractivity contribution in [2.75, 3.05) is 37.6 Å². The Morgan fingerprint density at radius 2 is 2.10 bits per heavy atom. The normalized spacial score (nSPS) is 23.0. The molecule has 2 aromatic rings. The van der Waals surface area contributed by atoms with Gasteiger partial charge in [-0.1, -0.05) is 0 Å². The molecule has 2 aliphatic rings. The highest BCUT2D eigenvalue weighted by Gasteiger charge is 2.18. The van der Waals surface area contributed by atoms with E-state index >= 15 is 0 Å². The summed E-state index contributed by atoms with van der Waals surface area (Å²) in [6, 6.07) is 4.90. The fourth-order valence-electron chi connectivity index (χ4n) is 3.34. The molecule has 2 saturated heterocycles. The maximum atomic E-state index is 4.39. The molecule has 6 nitrogen and oxygen atoms in total. The third-order valence-electron chi connectivity index (χ3n) is 4.54. The van der Waals surface area contributed by atoms with E-state index in [4.69, 9.17) is 0 Å². The minimum absolute atomic E-state index is 0.560. The van der Waals surface area contributed by atoms with Gasteiger partial charge < -0.3 is 15.5 Å². The number of aromatic nitrogens is 3. The molecule has 1 unspecified atom stereocenters. The zero-order valence-electron chi connectivity index (χ0n) is 12.3. The van der Waals surface area contributed by atoms with E-state index in [1.807, 2.05) is 0 Å². The first-order valence-electron chi connectivity index (χ1n) is 7.93. The number of nitrogens with zero attached hydrogens (tertiary/aromatic N) is 4. The zero-order valence-corrected chi connectivity index (χ0v) is 12.3. The summed E-state index contributed by atoms with van der Waals surface area (Å²) in [5.74, 6) is 1.07. The second-order valence-corrected chi connectivity index (χ2v) is 5.96. The molecule has 2 fully saturated rings. The Hall–Kier alpha value is -1.66. The van der Waals surface area contributed by atoms with Crippen LogP contribution in [-0.4, -0.2) is 53.4 Å². The molecule has 0 spiro atoms. The fraction of sp³-hybridized carbons (Fsp3) is 0.600. The van der Waals surface area contributed by atoms with Crippen molar-refractivity contribution >= 4 is 11.3 Å². The smallest absolute Gasteiger partial charge is 0.162 e. The lowest BCUT2D eigenvalue weighted by Gasteiger charge is -2.29. The average molecular weight is 286 g/mol. The number of anilines is 1. The zero-order chi connectivity index (χ0) is 14.1. The topological polar surface area (TPSA) is 57.5 Å². The lowest BCUT2D eigenvalue weighted by molar-refractivity contribution is 0.581. The van der Waals surface area contributed by atoms with Gasteiger partial charge in [0.1, 0.15) is 5.82 Å². The number of piperazine rings is 1. The fourth-order valence-corrected chi connectivity index (χ4v) is 3.34. The highest BCUT2D eigenvalue weighted by molar-refractivity contribution is 5.56. The standard InChI is InChI=1S/C15H22N6/c1-2-12(17-4-1)10-14-18-19-15-11-13(3-7-21(14)15)20-8-5-16-6-9-20/h3,7,11-12,16-17H,1-2,4-6,8-10H2. The molecule has 1 atom stereocenters. The summed E-state index contributed by atoms with van der Waals surface area (Å²) in [5, 5.41) is 15.7. The Bertz CT molecular complexity index is 610. The van der Waals surface area contributed by atoms with Crippen molar-refractivity contribution in [3.63, 3.8) is 0 Å². The Morgan fingerprint density at radius 3 is 2.90 bits per heavy atom. The molecular weight excluding hydrogens is 264 g/mol. The van der Waals surface area contributed by atoms with Crippen molar-refractivity contribution in [3.8, 4) is 0 Å². The SMILES string of the molecule is c1cn2c(CC3CCCN3)nnc2cc1N1CCNCC1. The minimum atomic E-state index is 0.560. The first-order chi connectivity index (χ1) is 10.4. The third kappa shape index (κ3) is 2.61. The highest BCUT2D eigenvalue weighted by atomic mass is 15.3. The van der Waals surface area contributed by atoms with Gasteiger partial charge in [0.05, 0.1) is 0 Å². The van der Waals surface area contributed by atoms with E-state index in [1.54, 1.807) is 0 Å². The van der Waals surface area contributed by atoms with E-state index in [-0.39, 0.29) is 0 Å². The van der Waals surface area contributed by atoms with Gasteiger partial charge >= 0.3 is 0 Å². The number of hydrogen-bond acceptors (Lipinski definition) is 5. The van der Waals surface area contributed by atoms with Crippen molar-refractivity contribution in [2.45, 2.75) is 25.3 Å². The van der Waals surface area contributed by atoms with Gasteiger partial charge in [-0.25, -0.2) is 0 Å². The number of hydrogen-bond donors (Lipinski definition) is 2. The van der Waals surface area contributed by atoms with Crippen LogP contribution in [0.4, 0.5) is 5.69 Å². The van der Waals surface area contributed by atoms with Crippen LogP contribution < -0.4 is 15.5 Å². The van der Waals surface area contributed by atoms with Crippen molar-refractivity contribution in [1.82, 2.24) is 25.2 Å². The van der Waals surface area contributed by atoms with Gasteiger partial charge in [-0.3, -0.25) is 4.40 Å². The summed E-state index contributed by atoms with van der Waals surface area (Å²) in [6.45, 7) is 5.35. The quantitative estimate of drug-likeness (QED) is 0.857. The molecule has 21 heavy (non-hydrogen) atoms. The van der Waals surface area contributed by atoms with Crippen LogP contribution in [0.3, 0.4) is 0 Å². The van der Waals surface area contributed by atoms with Crippen LogP contribution >= 0.6 is 0 Å². The summed E-state index contributed by atoms with van der Waals surface area (Å²) in [6.07, 6.45) is 5.60.